The fraction of sp³-hybridized carbons (Fsp3) is 0.250. The molecule has 2 N–H and O–H groups in total. The van der Waals surface area contributed by atoms with E-state index >= 15 is 0 Å². The minimum absolute atomic E-state index is 0.144. The maximum absolute atomic E-state index is 6.19. The number of anilines is 2. The van der Waals surface area contributed by atoms with E-state index in [1.54, 1.807) is 0 Å². The summed E-state index contributed by atoms with van der Waals surface area (Å²) in [5.41, 5.74) is 9.78. The number of hydrogen-bond acceptors (Lipinski definition) is 3. The van der Waals surface area contributed by atoms with Crippen LogP contribution in [-0.2, 0) is 24.3 Å². The minimum Gasteiger partial charge on any atom is -0.379 e. The van der Waals surface area contributed by atoms with E-state index in [9.17, 15) is 0 Å². The minimum atomic E-state index is 0.144. The summed E-state index contributed by atoms with van der Waals surface area (Å²) in [6, 6.07) is 34.6. The van der Waals surface area contributed by atoms with Crippen LogP contribution in [0.15, 0.2) is 97.1 Å². The molecule has 0 aliphatic heterocycles. The summed E-state index contributed by atoms with van der Waals surface area (Å²) in [5, 5.41) is 7.37. The summed E-state index contributed by atoms with van der Waals surface area (Å²) in [4.78, 5) is 0. The van der Waals surface area contributed by atoms with Crippen molar-refractivity contribution in [2.45, 2.75) is 46.4 Å². The SMILES string of the molecule is Cc1ccc(CNc2ccccc2N[C@@H](COCc2ccc(C)cc2)Cc2ccc(C)cc2)cc1. The van der Waals surface area contributed by atoms with Gasteiger partial charge in [0.05, 0.1) is 30.6 Å². The highest BCUT2D eigenvalue weighted by Gasteiger charge is 2.13. The highest BCUT2D eigenvalue weighted by molar-refractivity contribution is 5.69. The maximum atomic E-state index is 6.19. The van der Waals surface area contributed by atoms with Crippen LogP contribution in [-0.4, -0.2) is 12.6 Å². The zero-order valence-corrected chi connectivity index (χ0v) is 21.1. The molecule has 4 aromatic rings. The predicted molar refractivity (Wildman–Crippen MR) is 148 cm³/mol. The lowest BCUT2D eigenvalue weighted by atomic mass is 10.0. The van der Waals surface area contributed by atoms with Crippen LogP contribution < -0.4 is 10.6 Å². The van der Waals surface area contributed by atoms with Crippen LogP contribution in [0.3, 0.4) is 0 Å². The van der Waals surface area contributed by atoms with Crippen molar-refractivity contribution in [1.29, 1.82) is 0 Å². The molecule has 4 rings (SSSR count). The molecule has 4 aromatic carbocycles. The molecule has 180 valence electrons. The maximum Gasteiger partial charge on any atom is 0.0717 e. The average Bonchev–Trinajstić information content (AvgIpc) is 2.87. The van der Waals surface area contributed by atoms with Gasteiger partial charge in [0.25, 0.3) is 0 Å². The summed E-state index contributed by atoms with van der Waals surface area (Å²) < 4.78 is 6.19. The second-order valence-corrected chi connectivity index (χ2v) is 9.42. The third-order valence-corrected chi connectivity index (χ3v) is 6.20. The Balaban J connectivity index is 1.44. The molecule has 0 fully saturated rings. The Morgan fingerprint density at radius 3 is 1.71 bits per heavy atom. The van der Waals surface area contributed by atoms with Gasteiger partial charge < -0.3 is 15.4 Å². The molecule has 0 bridgehead atoms. The van der Waals surface area contributed by atoms with Gasteiger partial charge in [-0.15, -0.1) is 0 Å². The van der Waals surface area contributed by atoms with Gasteiger partial charge in [-0.1, -0.05) is 102 Å². The smallest absolute Gasteiger partial charge is 0.0717 e. The molecule has 0 saturated heterocycles. The Bertz CT molecular complexity index is 1180. The molecule has 0 saturated carbocycles. The van der Waals surface area contributed by atoms with E-state index < -0.39 is 0 Å². The van der Waals surface area contributed by atoms with Crippen LogP contribution in [0.1, 0.15) is 33.4 Å². The van der Waals surface area contributed by atoms with E-state index in [1.807, 2.05) is 0 Å². The van der Waals surface area contributed by atoms with E-state index in [0.29, 0.717) is 13.2 Å². The van der Waals surface area contributed by atoms with Crippen molar-refractivity contribution >= 4 is 11.4 Å². The van der Waals surface area contributed by atoms with Crippen molar-refractivity contribution in [2.75, 3.05) is 17.2 Å². The molecule has 3 nitrogen and oxygen atoms in total. The first-order valence-corrected chi connectivity index (χ1v) is 12.4. The topological polar surface area (TPSA) is 33.3 Å². The summed E-state index contributed by atoms with van der Waals surface area (Å²) in [5.74, 6) is 0. The van der Waals surface area contributed by atoms with Gasteiger partial charge in [-0.25, -0.2) is 0 Å². The number of hydrogen-bond donors (Lipinski definition) is 2. The largest absolute Gasteiger partial charge is 0.379 e. The van der Waals surface area contributed by atoms with Gasteiger partial charge in [0.15, 0.2) is 0 Å². The van der Waals surface area contributed by atoms with E-state index in [1.165, 1.54) is 33.4 Å². The van der Waals surface area contributed by atoms with Gasteiger partial charge in [-0.3, -0.25) is 0 Å². The quantitative estimate of drug-likeness (QED) is 0.242. The fourth-order valence-corrected chi connectivity index (χ4v) is 4.05. The van der Waals surface area contributed by atoms with Gasteiger partial charge in [-0.05, 0) is 56.0 Å². The monoisotopic (exact) mass is 464 g/mol. The molecular formula is C32H36N2O. The molecule has 0 aliphatic rings. The zero-order valence-electron chi connectivity index (χ0n) is 21.1. The molecule has 0 amide bonds. The van der Waals surface area contributed by atoms with Gasteiger partial charge in [0.1, 0.15) is 0 Å². The Hall–Kier alpha value is -3.56. The number of benzene rings is 4. The molecule has 0 unspecified atom stereocenters. The van der Waals surface area contributed by atoms with Crippen molar-refractivity contribution in [3.8, 4) is 0 Å². The number of para-hydroxylation sites is 2. The third kappa shape index (κ3) is 7.73. The molecule has 0 aliphatic carbocycles. The number of ether oxygens (including phenoxy) is 1. The Labute approximate surface area is 210 Å². The van der Waals surface area contributed by atoms with Crippen LogP contribution in [0.5, 0.6) is 0 Å². The lowest BCUT2D eigenvalue weighted by molar-refractivity contribution is 0.112. The summed E-state index contributed by atoms with van der Waals surface area (Å²) in [6.07, 6.45) is 0.889. The van der Waals surface area contributed by atoms with Crippen LogP contribution in [0, 0.1) is 20.8 Å². The van der Waals surface area contributed by atoms with Gasteiger partial charge in [0.2, 0.25) is 0 Å². The van der Waals surface area contributed by atoms with E-state index in [-0.39, 0.29) is 6.04 Å². The lowest BCUT2D eigenvalue weighted by Gasteiger charge is -2.23. The molecule has 0 heterocycles. The van der Waals surface area contributed by atoms with Gasteiger partial charge in [0, 0.05) is 6.54 Å². The van der Waals surface area contributed by atoms with Crippen molar-refractivity contribution in [3.05, 3.63) is 130 Å². The number of rotatable bonds is 11. The first kappa shape index (κ1) is 24.6. The molecule has 0 radical (unpaired) electrons. The standard InChI is InChI=1S/C32H36N2O/c1-24-8-14-27(15-9-24)20-30(23-35-22-29-18-12-26(3)13-19-29)34-32-7-5-4-6-31(32)33-21-28-16-10-25(2)11-17-28/h4-19,30,33-34H,20-23H2,1-3H3/t30-/m1/s1. The van der Waals surface area contributed by atoms with Crippen molar-refractivity contribution in [1.82, 2.24) is 0 Å². The Kier molecular flexibility index (Phi) is 8.58. The lowest BCUT2D eigenvalue weighted by Crippen LogP contribution is -2.28. The normalized spacial score (nSPS) is 11.7. The van der Waals surface area contributed by atoms with Crippen molar-refractivity contribution in [2.24, 2.45) is 0 Å². The predicted octanol–water partition coefficient (Wildman–Crippen LogP) is 7.46. The highest BCUT2D eigenvalue weighted by Crippen LogP contribution is 2.24. The second kappa shape index (κ2) is 12.2. The van der Waals surface area contributed by atoms with Crippen LogP contribution in [0.4, 0.5) is 11.4 Å². The molecule has 35 heavy (non-hydrogen) atoms. The van der Waals surface area contributed by atoms with Crippen molar-refractivity contribution < 1.29 is 4.74 Å². The highest BCUT2D eigenvalue weighted by atomic mass is 16.5. The summed E-state index contributed by atoms with van der Waals surface area (Å²) in [7, 11) is 0. The van der Waals surface area contributed by atoms with E-state index in [0.717, 1.165) is 24.3 Å². The third-order valence-electron chi connectivity index (χ3n) is 6.20. The number of nitrogens with one attached hydrogen (secondary N) is 2. The Morgan fingerprint density at radius 2 is 1.11 bits per heavy atom. The average molecular weight is 465 g/mol. The second-order valence-electron chi connectivity index (χ2n) is 9.42. The van der Waals surface area contributed by atoms with E-state index in [2.05, 4.69) is 128 Å². The molecule has 1 atom stereocenters. The molecule has 3 heteroatoms. The van der Waals surface area contributed by atoms with Crippen LogP contribution >= 0.6 is 0 Å². The van der Waals surface area contributed by atoms with Crippen LogP contribution in [0.25, 0.3) is 0 Å². The van der Waals surface area contributed by atoms with Gasteiger partial charge in [-0.2, -0.15) is 0 Å². The van der Waals surface area contributed by atoms with Crippen LogP contribution in [0.2, 0.25) is 0 Å². The molecule has 0 aromatic heterocycles. The van der Waals surface area contributed by atoms with E-state index in [4.69, 9.17) is 4.74 Å². The Morgan fingerprint density at radius 1 is 0.600 bits per heavy atom. The van der Waals surface area contributed by atoms with Crippen molar-refractivity contribution in [3.63, 3.8) is 0 Å². The molecular weight excluding hydrogens is 428 g/mol. The fourth-order valence-electron chi connectivity index (χ4n) is 4.05. The summed E-state index contributed by atoms with van der Waals surface area (Å²) >= 11 is 0. The zero-order chi connectivity index (χ0) is 24.5. The first-order valence-electron chi connectivity index (χ1n) is 12.4. The molecule has 0 spiro atoms. The summed E-state index contributed by atoms with van der Waals surface area (Å²) in [6.45, 7) is 8.36. The number of aryl methyl sites for hydroxylation is 3. The first-order chi connectivity index (χ1) is 17.0. The van der Waals surface area contributed by atoms with Gasteiger partial charge >= 0.3 is 0 Å².